The van der Waals surface area contributed by atoms with Crippen LogP contribution in [0.4, 0.5) is 0 Å². The molecule has 0 saturated heterocycles. The number of pyridine rings is 1. The summed E-state index contributed by atoms with van der Waals surface area (Å²) in [5.74, 6) is 0.264. The van der Waals surface area contributed by atoms with Crippen molar-refractivity contribution in [2.45, 2.75) is 26.8 Å². The van der Waals surface area contributed by atoms with E-state index in [1.54, 1.807) is 12.3 Å². The monoisotopic (exact) mass is 282 g/mol. The van der Waals surface area contributed by atoms with E-state index >= 15 is 0 Å². The molecular weight excluding hydrogens is 260 g/mol. The Hall–Kier alpha value is -1.82. The normalized spacial score (nSPS) is 10.6. The molecule has 0 saturated carbocycles. The summed E-state index contributed by atoms with van der Waals surface area (Å²) < 4.78 is 6.70. The minimum absolute atomic E-state index is 0.0229. The van der Waals surface area contributed by atoms with Crippen LogP contribution >= 0.6 is 0 Å². The van der Waals surface area contributed by atoms with Crippen LogP contribution in [-0.2, 0) is 11.3 Å². The summed E-state index contributed by atoms with van der Waals surface area (Å²) in [6.07, 6.45) is 2.13. The van der Waals surface area contributed by atoms with Gasteiger partial charge in [0, 0.05) is 25.9 Å². The highest BCUT2D eigenvalue weighted by atomic mass is 16.5. The number of amides is 1. The Morgan fingerprint density at radius 1 is 1.50 bits per heavy atom. The van der Waals surface area contributed by atoms with E-state index in [-0.39, 0.29) is 30.4 Å². The fourth-order valence-electron chi connectivity index (χ4n) is 1.55. The number of rotatable bonds is 8. The van der Waals surface area contributed by atoms with Crippen molar-refractivity contribution in [3.8, 4) is 5.75 Å². The number of hydrogen-bond acceptors (Lipinski definition) is 4. The molecule has 0 aliphatic rings. The van der Waals surface area contributed by atoms with E-state index < -0.39 is 0 Å². The molecule has 1 amide bonds. The van der Waals surface area contributed by atoms with Crippen LogP contribution in [0.15, 0.2) is 23.1 Å². The molecule has 20 heavy (non-hydrogen) atoms. The minimum Gasteiger partial charge on any atom is -0.478 e. The predicted octanol–water partition coefficient (Wildman–Crippen LogP) is 0.382. The molecular formula is C14H22N2O4. The second-order valence-corrected chi connectivity index (χ2v) is 4.93. The Bertz CT molecular complexity index is 482. The summed E-state index contributed by atoms with van der Waals surface area (Å²) in [5, 5.41) is 11.5. The highest BCUT2D eigenvalue weighted by Gasteiger charge is 2.07. The van der Waals surface area contributed by atoms with Gasteiger partial charge in [-0.25, -0.2) is 0 Å². The summed E-state index contributed by atoms with van der Waals surface area (Å²) in [5.41, 5.74) is -0.294. The SMILES string of the molecule is CC(C)CNC(=O)COc1cccn(CCCO)c1=O. The maximum absolute atomic E-state index is 12.0. The molecule has 0 aromatic carbocycles. The lowest BCUT2D eigenvalue weighted by Gasteiger charge is -2.10. The van der Waals surface area contributed by atoms with E-state index in [0.717, 1.165) is 0 Å². The molecule has 1 heterocycles. The van der Waals surface area contributed by atoms with Crippen LogP contribution in [0, 0.1) is 5.92 Å². The third kappa shape index (κ3) is 5.44. The van der Waals surface area contributed by atoms with Crippen molar-refractivity contribution < 1.29 is 14.6 Å². The zero-order valence-electron chi connectivity index (χ0n) is 12.0. The number of ether oxygens (including phenoxy) is 1. The van der Waals surface area contributed by atoms with Crippen molar-refractivity contribution in [1.29, 1.82) is 0 Å². The number of aliphatic hydroxyl groups excluding tert-OH is 1. The van der Waals surface area contributed by atoms with Crippen LogP contribution in [0.1, 0.15) is 20.3 Å². The van der Waals surface area contributed by atoms with Crippen LogP contribution in [0.5, 0.6) is 5.75 Å². The van der Waals surface area contributed by atoms with Gasteiger partial charge in [0.15, 0.2) is 12.4 Å². The molecule has 0 fully saturated rings. The minimum atomic E-state index is -0.294. The van der Waals surface area contributed by atoms with Crippen molar-refractivity contribution in [2.24, 2.45) is 5.92 Å². The van der Waals surface area contributed by atoms with E-state index in [2.05, 4.69) is 5.32 Å². The summed E-state index contributed by atoms with van der Waals surface area (Å²) >= 11 is 0. The Kier molecular flexibility index (Phi) is 6.79. The smallest absolute Gasteiger partial charge is 0.292 e. The third-order valence-corrected chi connectivity index (χ3v) is 2.61. The Labute approximate surface area is 118 Å². The summed E-state index contributed by atoms with van der Waals surface area (Å²) in [6.45, 7) is 4.85. The molecule has 0 radical (unpaired) electrons. The van der Waals surface area contributed by atoms with Gasteiger partial charge in [-0.3, -0.25) is 9.59 Å². The molecule has 6 nitrogen and oxygen atoms in total. The Morgan fingerprint density at radius 2 is 2.25 bits per heavy atom. The Morgan fingerprint density at radius 3 is 2.90 bits per heavy atom. The standard InChI is InChI=1S/C14H22N2O4/c1-11(2)9-15-13(18)10-20-12-5-3-6-16(14(12)19)7-4-8-17/h3,5-6,11,17H,4,7-10H2,1-2H3,(H,15,18). The molecule has 112 valence electrons. The third-order valence-electron chi connectivity index (χ3n) is 2.61. The first-order valence-corrected chi connectivity index (χ1v) is 6.74. The molecule has 0 bridgehead atoms. The van der Waals surface area contributed by atoms with Gasteiger partial charge in [0.05, 0.1) is 0 Å². The van der Waals surface area contributed by atoms with Crippen molar-refractivity contribution in [3.05, 3.63) is 28.7 Å². The zero-order valence-corrected chi connectivity index (χ0v) is 12.0. The Balaban J connectivity index is 2.55. The lowest BCUT2D eigenvalue weighted by molar-refractivity contribution is -0.123. The molecule has 0 spiro atoms. The fourth-order valence-corrected chi connectivity index (χ4v) is 1.55. The second kappa shape index (κ2) is 8.37. The number of hydrogen-bond donors (Lipinski definition) is 2. The molecule has 1 aromatic heterocycles. The molecule has 0 unspecified atom stereocenters. The van der Waals surface area contributed by atoms with Crippen molar-refractivity contribution in [3.63, 3.8) is 0 Å². The van der Waals surface area contributed by atoms with Crippen molar-refractivity contribution >= 4 is 5.91 Å². The number of nitrogens with zero attached hydrogens (tertiary/aromatic N) is 1. The van der Waals surface area contributed by atoms with Crippen molar-refractivity contribution in [1.82, 2.24) is 9.88 Å². The molecule has 0 atom stereocenters. The number of aromatic nitrogens is 1. The van der Waals surface area contributed by atoms with Crippen LogP contribution < -0.4 is 15.6 Å². The second-order valence-electron chi connectivity index (χ2n) is 4.93. The van der Waals surface area contributed by atoms with Gasteiger partial charge in [0.2, 0.25) is 0 Å². The van der Waals surface area contributed by atoms with Gasteiger partial charge < -0.3 is 19.7 Å². The quantitative estimate of drug-likeness (QED) is 0.722. The summed E-state index contributed by atoms with van der Waals surface area (Å²) in [6, 6.07) is 3.22. The van der Waals surface area contributed by atoms with Crippen LogP contribution in [-0.4, -0.2) is 35.3 Å². The largest absolute Gasteiger partial charge is 0.478 e. The van der Waals surface area contributed by atoms with Gasteiger partial charge in [-0.1, -0.05) is 13.8 Å². The van der Waals surface area contributed by atoms with Gasteiger partial charge in [-0.15, -0.1) is 0 Å². The highest BCUT2D eigenvalue weighted by Crippen LogP contribution is 2.02. The first-order valence-electron chi connectivity index (χ1n) is 6.74. The zero-order chi connectivity index (χ0) is 15.0. The average molecular weight is 282 g/mol. The highest BCUT2D eigenvalue weighted by molar-refractivity contribution is 5.77. The van der Waals surface area contributed by atoms with Gasteiger partial charge in [-0.2, -0.15) is 0 Å². The first kappa shape index (κ1) is 16.2. The van der Waals surface area contributed by atoms with E-state index in [1.165, 1.54) is 10.6 Å². The number of nitrogens with one attached hydrogen (secondary N) is 1. The molecule has 1 rings (SSSR count). The number of carbonyl (C=O) groups excluding carboxylic acids is 1. The number of carbonyl (C=O) groups is 1. The van der Waals surface area contributed by atoms with Crippen LogP contribution in [0.3, 0.4) is 0 Å². The summed E-state index contributed by atoms with van der Waals surface area (Å²) in [7, 11) is 0. The molecule has 1 aromatic rings. The van der Waals surface area contributed by atoms with E-state index in [4.69, 9.17) is 9.84 Å². The molecule has 6 heteroatoms. The maximum atomic E-state index is 12.0. The predicted molar refractivity (Wildman–Crippen MR) is 75.7 cm³/mol. The van der Waals surface area contributed by atoms with Gasteiger partial charge in [0.1, 0.15) is 0 Å². The van der Waals surface area contributed by atoms with Crippen LogP contribution in [0.25, 0.3) is 0 Å². The lowest BCUT2D eigenvalue weighted by Crippen LogP contribution is -2.33. The number of aliphatic hydroxyl groups is 1. The van der Waals surface area contributed by atoms with E-state index in [9.17, 15) is 9.59 Å². The lowest BCUT2D eigenvalue weighted by atomic mass is 10.2. The van der Waals surface area contributed by atoms with Gasteiger partial charge in [-0.05, 0) is 24.5 Å². The van der Waals surface area contributed by atoms with E-state index in [1.807, 2.05) is 13.8 Å². The molecule has 0 aliphatic heterocycles. The topological polar surface area (TPSA) is 80.6 Å². The maximum Gasteiger partial charge on any atom is 0.292 e. The first-order chi connectivity index (χ1) is 9.54. The van der Waals surface area contributed by atoms with Gasteiger partial charge >= 0.3 is 0 Å². The van der Waals surface area contributed by atoms with E-state index in [0.29, 0.717) is 25.4 Å². The molecule has 0 aliphatic carbocycles. The van der Waals surface area contributed by atoms with Gasteiger partial charge in [0.25, 0.3) is 11.5 Å². The molecule has 2 N–H and O–H groups in total. The fraction of sp³-hybridized carbons (Fsp3) is 0.571. The van der Waals surface area contributed by atoms with Crippen molar-refractivity contribution in [2.75, 3.05) is 19.8 Å². The van der Waals surface area contributed by atoms with Crippen LogP contribution in [0.2, 0.25) is 0 Å². The average Bonchev–Trinajstić information content (AvgIpc) is 2.42. The summed E-state index contributed by atoms with van der Waals surface area (Å²) in [4.78, 5) is 23.5. The number of aryl methyl sites for hydroxylation is 1.